The summed E-state index contributed by atoms with van der Waals surface area (Å²) in [7, 11) is 1.72. The van der Waals surface area contributed by atoms with E-state index in [0.29, 0.717) is 18.8 Å². The number of hydrogen-bond donors (Lipinski definition) is 2. The van der Waals surface area contributed by atoms with Crippen molar-refractivity contribution in [3.05, 3.63) is 64.3 Å². The second-order valence-corrected chi connectivity index (χ2v) is 9.21. The van der Waals surface area contributed by atoms with Crippen molar-refractivity contribution in [3.63, 3.8) is 0 Å². The Morgan fingerprint density at radius 2 is 1.89 bits per heavy atom. The molecule has 0 spiro atoms. The lowest BCUT2D eigenvalue weighted by Gasteiger charge is -2.22. The van der Waals surface area contributed by atoms with Gasteiger partial charge in [0.25, 0.3) is 0 Å². The predicted octanol–water partition coefficient (Wildman–Crippen LogP) is 2.35. The molecule has 9 heteroatoms. The van der Waals surface area contributed by atoms with E-state index < -0.39 is 0 Å². The third-order valence-corrected chi connectivity index (χ3v) is 6.71. The molecule has 1 aromatic carbocycles. The molecule has 9 nitrogen and oxygen atoms in total. The normalized spacial score (nSPS) is 16.4. The van der Waals surface area contributed by atoms with E-state index in [1.54, 1.807) is 11.8 Å². The van der Waals surface area contributed by atoms with Gasteiger partial charge in [0.2, 0.25) is 5.65 Å². The van der Waals surface area contributed by atoms with Gasteiger partial charge in [-0.2, -0.15) is 4.68 Å². The Hall–Kier alpha value is -3.56. The molecular formula is C26H32N7O2+. The maximum absolute atomic E-state index is 13.5. The smallest absolute Gasteiger partial charge is 0.383 e. The Kier molecular flexibility index (Phi) is 6.36. The van der Waals surface area contributed by atoms with Gasteiger partial charge in [-0.25, -0.2) is 9.89 Å². The first-order valence-corrected chi connectivity index (χ1v) is 12.0. The Balaban J connectivity index is 1.69. The molecule has 3 aromatic heterocycles. The van der Waals surface area contributed by atoms with Crippen LogP contribution < -0.4 is 15.8 Å². The molecule has 5 rings (SSSR count). The van der Waals surface area contributed by atoms with Crippen LogP contribution in [0.3, 0.4) is 0 Å². The van der Waals surface area contributed by atoms with Gasteiger partial charge in [0, 0.05) is 36.6 Å². The Bertz CT molecular complexity index is 1390. The number of rotatable bonds is 7. The Morgan fingerprint density at radius 1 is 1.14 bits per heavy atom. The fraction of sp³-hybridized carbons (Fsp3) is 0.385. The fourth-order valence-corrected chi connectivity index (χ4v) is 5.15. The molecule has 1 aliphatic heterocycles. The van der Waals surface area contributed by atoms with E-state index in [9.17, 15) is 4.79 Å². The Morgan fingerprint density at radius 3 is 2.60 bits per heavy atom. The Labute approximate surface area is 204 Å². The largest absolute Gasteiger partial charge is 0.428 e. The molecule has 0 amide bonds. The van der Waals surface area contributed by atoms with Crippen molar-refractivity contribution >= 4 is 11.6 Å². The second kappa shape index (κ2) is 9.59. The molecule has 1 saturated heterocycles. The highest BCUT2D eigenvalue weighted by atomic mass is 16.5. The summed E-state index contributed by atoms with van der Waals surface area (Å²) in [6.45, 7) is 7.03. The minimum absolute atomic E-state index is 0.160. The van der Waals surface area contributed by atoms with Crippen molar-refractivity contribution in [3.8, 4) is 22.4 Å². The second-order valence-electron chi connectivity index (χ2n) is 9.21. The molecule has 4 heterocycles. The predicted molar refractivity (Wildman–Crippen MR) is 135 cm³/mol. The summed E-state index contributed by atoms with van der Waals surface area (Å²) >= 11 is 0. The minimum atomic E-state index is -0.216. The molecular weight excluding hydrogens is 442 g/mol. The topological polar surface area (TPSA) is 106 Å². The number of hydrogen-bond acceptors (Lipinski definition) is 6. The number of methoxy groups -OCH3 is 1. The van der Waals surface area contributed by atoms with Gasteiger partial charge in [0.1, 0.15) is 5.69 Å². The molecule has 4 aromatic rings. The van der Waals surface area contributed by atoms with Crippen LogP contribution in [0, 0.1) is 13.8 Å². The molecule has 1 aliphatic rings. The molecule has 0 unspecified atom stereocenters. The van der Waals surface area contributed by atoms with Crippen molar-refractivity contribution < 1.29 is 9.14 Å². The van der Waals surface area contributed by atoms with Gasteiger partial charge in [-0.15, -0.1) is 9.38 Å². The number of nitrogens with one attached hydrogen (secondary N) is 1. The molecule has 1 fully saturated rings. The van der Waals surface area contributed by atoms with Crippen LogP contribution in [0.15, 0.2) is 47.3 Å². The van der Waals surface area contributed by atoms with Crippen LogP contribution in [-0.2, 0) is 11.3 Å². The van der Waals surface area contributed by atoms with Crippen LogP contribution in [0.1, 0.15) is 24.2 Å². The van der Waals surface area contributed by atoms with Crippen molar-refractivity contribution in [2.24, 2.45) is 0 Å². The van der Waals surface area contributed by atoms with E-state index in [2.05, 4.69) is 15.0 Å². The van der Waals surface area contributed by atoms with E-state index in [1.165, 1.54) is 4.40 Å². The average molecular weight is 475 g/mol. The van der Waals surface area contributed by atoms with Crippen LogP contribution in [0.5, 0.6) is 0 Å². The van der Waals surface area contributed by atoms with Crippen LogP contribution in [-0.4, -0.2) is 57.5 Å². The van der Waals surface area contributed by atoms with Gasteiger partial charge < -0.3 is 10.5 Å². The number of benzene rings is 1. The summed E-state index contributed by atoms with van der Waals surface area (Å²) in [4.78, 5) is 25.2. The van der Waals surface area contributed by atoms with Gasteiger partial charge in [0.05, 0.1) is 18.7 Å². The third-order valence-electron chi connectivity index (χ3n) is 6.71. The molecule has 0 saturated carbocycles. The van der Waals surface area contributed by atoms with Crippen LogP contribution >= 0.6 is 0 Å². The van der Waals surface area contributed by atoms with Gasteiger partial charge in [-0.1, -0.05) is 30.3 Å². The summed E-state index contributed by atoms with van der Waals surface area (Å²) in [5, 5.41) is 3.39. The number of anilines is 1. The lowest BCUT2D eigenvalue weighted by Crippen LogP contribution is -2.46. The maximum atomic E-state index is 13.5. The van der Waals surface area contributed by atoms with Crippen molar-refractivity contribution in [1.82, 2.24) is 24.6 Å². The summed E-state index contributed by atoms with van der Waals surface area (Å²) in [6, 6.07) is 14.2. The maximum Gasteiger partial charge on any atom is 0.428 e. The van der Waals surface area contributed by atoms with E-state index in [-0.39, 0.29) is 17.7 Å². The minimum Gasteiger partial charge on any atom is -0.383 e. The monoisotopic (exact) mass is 474 g/mol. The lowest BCUT2D eigenvalue weighted by molar-refractivity contribution is -0.516. The molecule has 182 valence electrons. The number of likely N-dealkylation sites (tertiary alicyclic amines) is 1. The van der Waals surface area contributed by atoms with Gasteiger partial charge in [0.15, 0.2) is 0 Å². The molecule has 1 atom stereocenters. The van der Waals surface area contributed by atoms with Crippen LogP contribution in [0.4, 0.5) is 5.95 Å². The number of pyridine rings is 1. The van der Waals surface area contributed by atoms with Gasteiger partial charge >= 0.3 is 11.6 Å². The zero-order valence-electron chi connectivity index (χ0n) is 20.5. The van der Waals surface area contributed by atoms with E-state index in [1.807, 2.05) is 56.3 Å². The van der Waals surface area contributed by atoms with Crippen molar-refractivity contribution in [2.45, 2.75) is 39.3 Å². The summed E-state index contributed by atoms with van der Waals surface area (Å²) < 4.78 is 8.43. The summed E-state index contributed by atoms with van der Waals surface area (Å²) in [5.74, 6) is 0.160. The first-order valence-electron chi connectivity index (χ1n) is 12.0. The van der Waals surface area contributed by atoms with E-state index >= 15 is 0 Å². The van der Waals surface area contributed by atoms with Crippen LogP contribution in [0.2, 0.25) is 0 Å². The number of nitrogens with zero attached hydrogens (tertiary/aromatic N) is 5. The summed E-state index contributed by atoms with van der Waals surface area (Å²) in [5.41, 5.74) is 12.0. The zero-order chi connectivity index (χ0) is 24.5. The number of H-pyrrole nitrogens is 1. The van der Waals surface area contributed by atoms with Crippen molar-refractivity contribution in [2.75, 3.05) is 32.5 Å². The van der Waals surface area contributed by atoms with Gasteiger partial charge in [-0.05, 0) is 50.9 Å². The van der Waals surface area contributed by atoms with Crippen molar-refractivity contribution in [1.29, 1.82) is 0 Å². The summed E-state index contributed by atoms with van der Waals surface area (Å²) in [6.07, 6.45) is 2.15. The highest BCUT2D eigenvalue weighted by Gasteiger charge is 2.30. The van der Waals surface area contributed by atoms with E-state index in [4.69, 9.17) is 15.5 Å². The van der Waals surface area contributed by atoms with Gasteiger partial charge in [-0.3, -0.25) is 9.88 Å². The molecule has 0 bridgehead atoms. The first kappa shape index (κ1) is 23.2. The number of aromatic amines is 1. The zero-order valence-corrected chi connectivity index (χ0v) is 20.5. The molecule has 35 heavy (non-hydrogen) atoms. The number of aromatic nitrogens is 5. The SMILES string of the molecule is COCCN1CCC[C@@H]1Cn1[nH]c2c(-c3cc(C)nc(C)c3)c(-c3ccccc3)nc(N)[n+]2c1=O. The first-order chi connectivity index (χ1) is 17.0. The van der Waals surface area contributed by atoms with E-state index in [0.717, 1.165) is 59.7 Å². The number of aryl methyl sites for hydroxylation is 2. The highest BCUT2D eigenvalue weighted by Crippen LogP contribution is 2.33. The standard InChI is InChI=1S/C26H31N7O2/c1-17-14-20(15-18(2)28-17)22-23(19-8-5-4-6-9-19)29-25(27)33-24(22)30-32(26(33)34)16-21-10-7-11-31(21)12-13-35-3/h4-6,8-9,14-15,21H,7,10-13,16H2,1-3H3,(H2,27,28,29,30)/p+1/t21-/m1/s1. The number of nitrogen functional groups attached to an aromatic ring is 1. The fourth-order valence-electron chi connectivity index (χ4n) is 5.15. The third kappa shape index (κ3) is 4.44. The molecule has 0 radical (unpaired) electrons. The quantitative estimate of drug-likeness (QED) is 0.398. The lowest BCUT2D eigenvalue weighted by atomic mass is 9.99. The molecule has 3 N–H and O–H groups in total. The number of nitrogens with two attached hydrogens (primary N) is 1. The number of fused-ring (bicyclic) bond motifs is 1. The number of ether oxygens (including phenoxy) is 1. The van der Waals surface area contributed by atoms with Crippen LogP contribution in [0.25, 0.3) is 28.0 Å². The molecule has 0 aliphatic carbocycles. The highest BCUT2D eigenvalue weighted by molar-refractivity contribution is 5.88. The average Bonchev–Trinajstić information content (AvgIpc) is 3.41.